The van der Waals surface area contributed by atoms with E-state index in [2.05, 4.69) is 46.4 Å². The SMILES string of the molecule is CC[C@H](NC(=O)COc1cc(C)c(Br)c(C)c1)c1ccc2c(c1)CCCC2. The Labute approximate surface area is 170 Å². The number of rotatable bonds is 6. The van der Waals surface area contributed by atoms with Crippen LogP contribution in [-0.4, -0.2) is 12.5 Å². The lowest BCUT2D eigenvalue weighted by atomic mass is 9.89. The van der Waals surface area contributed by atoms with Crippen LogP contribution >= 0.6 is 15.9 Å². The minimum atomic E-state index is -0.0854. The number of benzene rings is 2. The Kier molecular flexibility index (Phi) is 6.59. The maximum atomic E-state index is 12.4. The normalized spacial score (nSPS) is 14.4. The van der Waals surface area contributed by atoms with Gasteiger partial charge in [-0.3, -0.25) is 4.79 Å². The molecule has 0 radical (unpaired) electrons. The van der Waals surface area contributed by atoms with Gasteiger partial charge in [0.1, 0.15) is 5.75 Å². The standard InChI is InChI=1S/C23H28BrNO2/c1-4-21(19-10-9-17-7-5-6-8-18(17)13-19)25-22(26)14-27-20-11-15(2)23(24)16(3)12-20/h9-13,21H,4-8,14H2,1-3H3,(H,25,26)/t21-/m0/s1. The smallest absolute Gasteiger partial charge is 0.258 e. The number of hydrogen-bond donors (Lipinski definition) is 1. The Morgan fingerprint density at radius 3 is 2.44 bits per heavy atom. The van der Waals surface area contributed by atoms with Crippen LogP contribution in [0.25, 0.3) is 0 Å². The molecule has 1 amide bonds. The molecule has 27 heavy (non-hydrogen) atoms. The fourth-order valence-corrected chi connectivity index (χ4v) is 3.99. The number of carbonyl (C=O) groups is 1. The first kappa shape index (κ1) is 19.9. The Balaban J connectivity index is 1.62. The molecule has 0 saturated carbocycles. The van der Waals surface area contributed by atoms with Gasteiger partial charge in [-0.05, 0) is 85.9 Å². The monoisotopic (exact) mass is 429 g/mol. The summed E-state index contributed by atoms with van der Waals surface area (Å²) in [6.45, 7) is 6.18. The number of fused-ring (bicyclic) bond motifs is 1. The quantitative estimate of drug-likeness (QED) is 0.649. The molecule has 4 heteroatoms. The predicted octanol–water partition coefficient (Wildman–Crippen LogP) is 5.59. The van der Waals surface area contributed by atoms with Gasteiger partial charge in [-0.1, -0.05) is 41.1 Å². The molecule has 0 aliphatic heterocycles. The second-order valence-electron chi connectivity index (χ2n) is 7.42. The molecule has 0 saturated heterocycles. The van der Waals surface area contributed by atoms with Crippen LogP contribution in [0.1, 0.15) is 60.0 Å². The van der Waals surface area contributed by atoms with Gasteiger partial charge in [-0.15, -0.1) is 0 Å². The Hall–Kier alpha value is -1.81. The number of carbonyl (C=O) groups excluding carboxylic acids is 1. The van der Waals surface area contributed by atoms with Gasteiger partial charge in [-0.25, -0.2) is 0 Å². The molecular weight excluding hydrogens is 402 g/mol. The summed E-state index contributed by atoms with van der Waals surface area (Å²) in [6.07, 6.45) is 5.74. The van der Waals surface area contributed by atoms with Crippen LogP contribution in [0.5, 0.6) is 5.75 Å². The lowest BCUT2D eigenvalue weighted by molar-refractivity contribution is -0.123. The molecule has 1 N–H and O–H groups in total. The van der Waals surface area contributed by atoms with E-state index >= 15 is 0 Å². The van der Waals surface area contributed by atoms with Crippen LogP contribution in [0, 0.1) is 13.8 Å². The molecule has 0 aromatic heterocycles. The van der Waals surface area contributed by atoms with Gasteiger partial charge in [-0.2, -0.15) is 0 Å². The molecule has 0 heterocycles. The first-order chi connectivity index (χ1) is 13.0. The number of nitrogens with one attached hydrogen (secondary N) is 1. The summed E-state index contributed by atoms with van der Waals surface area (Å²) in [7, 11) is 0. The third-order valence-corrected chi connectivity index (χ3v) is 6.55. The zero-order valence-electron chi connectivity index (χ0n) is 16.4. The average molecular weight is 430 g/mol. The summed E-state index contributed by atoms with van der Waals surface area (Å²) in [5.74, 6) is 0.642. The second kappa shape index (κ2) is 8.92. The summed E-state index contributed by atoms with van der Waals surface area (Å²) in [6, 6.07) is 10.6. The summed E-state index contributed by atoms with van der Waals surface area (Å²) < 4.78 is 6.80. The van der Waals surface area contributed by atoms with Crippen molar-refractivity contribution in [2.24, 2.45) is 0 Å². The topological polar surface area (TPSA) is 38.3 Å². The van der Waals surface area contributed by atoms with Crippen LogP contribution in [0.4, 0.5) is 0 Å². The highest BCUT2D eigenvalue weighted by atomic mass is 79.9. The van der Waals surface area contributed by atoms with Crippen LogP contribution in [0.3, 0.4) is 0 Å². The van der Waals surface area contributed by atoms with Crippen LogP contribution < -0.4 is 10.1 Å². The molecule has 0 spiro atoms. The van der Waals surface area contributed by atoms with Crippen molar-refractivity contribution in [1.82, 2.24) is 5.32 Å². The molecular formula is C23H28BrNO2. The molecule has 1 atom stereocenters. The minimum absolute atomic E-state index is 0.0294. The molecule has 0 unspecified atom stereocenters. The van der Waals surface area contributed by atoms with Crippen LogP contribution in [0.2, 0.25) is 0 Å². The van der Waals surface area contributed by atoms with Crippen molar-refractivity contribution in [3.63, 3.8) is 0 Å². The lowest BCUT2D eigenvalue weighted by Gasteiger charge is -2.22. The molecule has 0 bridgehead atoms. The maximum absolute atomic E-state index is 12.4. The Bertz CT molecular complexity index is 808. The summed E-state index contributed by atoms with van der Waals surface area (Å²) in [5.41, 5.74) is 6.32. The van der Waals surface area contributed by atoms with E-state index in [-0.39, 0.29) is 18.6 Å². The highest BCUT2D eigenvalue weighted by Gasteiger charge is 2.16. The summed E-state index contributed by atoms with van der Waals surface area (Å²) in [5, 5.41) is 3.13. The van der Waals surface area contributed by atoms with Crippen molar-refractivity contribution < 1.29 is 9.53 Å². The van der Waals surface area contributed by atoms with E-state index in [9.17, 15) is 4.79 Å². The largest absolute Gasteiger partial charge is 0.484 e. The molecule has 3 nitrogen and oxygen atoms in total. The minimum Gasteiger partial charge on any atom is -0.484 e. The molecule has 144 valence electrons. The van der Waals surface area contributed by atoms with E-state index < -0.39 is 0 Å². The van der Waals surface area contributed by atoms with Gasteiger partial charge in [0.05, 0.1) is 6.04 Å². The number of ether oxygens (including phenoxy) is 1. The third kappa shape index (κ3) is 4.92. The summed E-state index contributed by atoms with van der Waals surface area (Å²) >= 11 is 3.55. The molecule has 2 aromatic carbocycles. The van der Waals surface area contributed by atoms with Crippen LogP contribution in [0.15, 0.2) is 34.8 Å². The van der Waals surface area contributed by atoms with Gasteiger partial charge >= 0.3 is 0 Å². The van der Waals surface area contributed by atoms with Gasteiger partial charge in [0.25, 0.3) is 5.91 Å². The number of aryl methyl sites for hydroxylation is 4. The second-order valence-corrected chi connectivity index (χ2v) is 8.22. The van der Waals surface area contributed by atoms with Gasteiger partial charge in [0.2, 0.25) is 0 Å². The lowest BCUT2D eigenvalue weighted by Crippen LogP contribution is -2.32. The Morgan fingerprint density at radius 1 is 1.11 bits per heavy atom. The van der Waals surface area contributed by atoms with Crippen molar-refractivity contribution in [2.75, 3.05) is 6.61 Å². The van der Waals surface area contributed by atoms with Gasteiger partial charge in [0, 0.05) is 4.47 Å². The maximum Gasteiger partial charge on any atom is 0.258 e. The fourth-order valence-electron chi connectivity index (χ4n) is 3.77. The number of hydrogen-bond acceptors (Lipinski definition) is 2. The third-order valence-electron chi connectivity index (χ3n) is 5.30. The van der Waals surface area contributed by atoms with Crippen LogP contribution in [-0.2, 0) is 17.6 Å². The highest BCUT2D eigenvalue weighted by Crippen LogP contribution is 2.27. The van der Waals surface area contributed by atoms with E-state index in [1.165, 1.54) is 36.0 Å². The van der Waals surface area contributed by atoms with E-state index in [4.69, 9.17) is 4.74 Å². The molecule has 3 rings (SSSR count). The van der Waals surface area contributed by atoms with Gasteiger partial charge in [0.15, 0.2) is 6.61 Å². The Morgan fingerprint density at radius 2 is 1.78 bits per heavy atom. The molecule has 2 aromatic rings. The van der Waals surface area contributed by atoms with Crippen molar-refractivity contribution in [1.29, 1.82) is 0 Å². The number of amides is 1. The first-order valence-electron chi connectivity index (χ1n) is 9.78. The fraction of sp³-hybridized carbons (Fsp3) is 0.435. The number of halogens is 1. The van der Waals surface area contributed by atoms with E-state index in [0.29, 0.717) is 0 Å². The van der Waals surface area contributed by atoms with Crippen molar-refractivity contribution in [2.45, 2.75) is 58.9 Å². The average Bonchev–Trinajstić information content (AvgIpc) is 2.68. The molecule has 1 aliphatic carbocycles. The predicted molar refractivity (Wildman–Crippen MR) is 113 cm³/mol. The zero-order valence-corrected chi connectivity index (χ0v) is 18.0. The van der Waals surface area contributed by atoms with E-state index in [1.807, 2.05) is 26.0 Å². The van der Waals surface area contributed by atoms with Crippen molar-refractivity contribution in [3.8, 4) is 5.75 Å². The summed E-state index contributed by atoms with van der Waals surface area (Å²) in [4.78, 5) is 12.4. The van der Waals surface area contributed by atoms with Gasteiger partial charge < -0.3 is 10.1 Å². The molecule has 1 aliphatic rings. The zero-order chi connectivity index (χ0) is 19.4. The molecule has 0 fully saturated rings. The first-order valence-corrected chi connectivity index (χ1v) is 10.6. The van der Waals surface area contributed by atoms with Crippen molar-refractivity contribution >= 4 is 21.8 Å². The van der Waals surface area contributed by atoms with E-state index in [1.54, 1.807) is 0 Å². The van der Waals surface area contributed by atoms with Crippen molar-refractivity contribution in [3.05, 3.63) is 62.6 Å². The highest BCUT2D eigenvalue weighted by molar-refractivity contribution is 9.10. The van der Waals surface area contributed by atoms with E-state index in [0.717, 1.165) is 34.2 Å².